The van der Waals surface area contributed by atoms with E-state index >= 15 is 0 Å². The van der Waals surface area contributed by atoms with Crippen molar-refractivity contribution in [2.45, 2.75) is 6.54 Å². The number of benzene rings is 2. The first-order valence-electron chi connectivity index (χ1n) is 8.38. The molecule has 0 atom stereocenters. The number of aromatic nitrogens is 3. The summed E-state index contributed by atoms with van der Waals surface area (Å²) in [6, 6.07) is 17.2. The number of nitro groups is 1. The van der Waals surface area contributed by atoms with Gasteiger partial charge in [0.1, 0.15) is 16.2 Å². The first-order valence-corrected chi connectivity index (χ1v) is 8.76. The number of hydrogen-bond acceptors (Lipinski definition) is 5. The van der Waals surface area contributed by atoms with Crippen LogP contribution in [-0.2, 0) is 6.54 Å². The molecule has 0 unspecified atom stereocenters. The van der Waals surface area contributed by atoms with Crippen LogP contribution < -0.4 is 5.56 Å². The molecule has 0 aliphatic carbocycles. The lowest BCUT2D eigenvalue weighted by molar-refractivity contribution is -0.384. The third-order valence-corrected chi connectivity index (χ3v) is 4.63. The van der Waals surface area contributed by atoms with E-state index < -0.39 is 4.92 Å². The average Bonchev–Trinajstić information content (AvgIpc) is 2.71. The maximum atomic E-state index is 12.9. The summed E-state index contributed by atoms with van der Waals surface area (Å²) in [7, 11) is 0. The number of hydrogen-bond donors (Lipinski definition) is 0. The van der Waals surface area contributed by atoms with Crippen molar-refractivity contribution in [2.75, 3.05) is 0 Å². The molecular formula is C20H13ClN4O3. The van der Waals surface area contributed by atoms with Crippen LogP contribution in [0.1, 0.15) is 5.56 Å². The van der Waals surface area contributed by atoms with Gasteiger partial charge in [0.25, 0.3) is 11.2 Å². The Bertz CT molecular complexity index is 1260. The Morgan fingerprint density at radius 2 is 1.86 bits per heavy atom. The van der Waals surface area contributed by atoms with Crippen molar-refractivity contribution in [3.8, 4) is 11.3 Å². The Morgan fingerprint density at radius 1 is 1.07 bits per heavy atom. The molecule has 0 spiro atoms. The molecule has 0 saturated heterocycles. The first kappa shape index (κ1) is 17.8. The predicted octanol–water partition coefficient (Wildman–Crippen LogP) is 4.07. The average molecular weight is 393 g/mol. The summed E-state index contributed by atoms with van der Waals surface area (Å²) in [4.78, 5) is 27.9. The maximum absolute atomic E-state index is 12.9. The topological polar surface area (TPSA) is 90.9 Å². The van der Waals surface area contributed by atoms with Crippen LogP contribution in [0.3, 0.4) is 0 Å². The minimum Gasteiger partial charge on any atom is -0.267 e. The number of nitrogens with zero attached hydrogens (tertiary/aromatic N) is 4. The molecule has 0 amide bonds. The Labute approximate surface area is 164 Å². The minimum atomic E-state index is -0.554. The monoisotopic (exact) mass is 392 g/mol. The summed E-state index contributed by atoms with van der Waals surface area (Å²) in [6.45, 7) is 0.271. The van der Waals surface area contributed by atoms with E-state index in [2.05, 4.69) is 10.1 Å². The highest BCUT2D eigenvalue weighted by Crippen LogP contribution is 2.31. The van der Waals surface area contributed by atoms with E-state index in [0.29, 0.717) is 22.2 Å². The lowest BCUT2D eigenvalue weighted by atomic mass is 10.1. The van der Waals surface area contributed by atoms with Gasteiger partial charge in [0.15, 0.2) is 0 Å². The van der Waals surface area contributed by atoms with Crippen molar-refractivity contribution in [1.82, 2.24) is 14.8 Å². The highest BCUT2D eigenvalue weighted by atomic mass is 35.5. The fourth-order valence-electron chi connectivity index (χ4n) is 2.98. The zero-order chi connectivity index (χ0) is 19.7. The molecule has 0 saturated carbocycles. The van der Waals surface area contributed by atoms with Gasteiger partial charge in [-0.2, -0.15) is 5.10 Å². The summed E-state index contributed by atoms with van der Waals surface area (Å²) in [5.74, 6) is 0. The molecule has 0 N–H and O–H groups in total. The van der Waals surface area contributed by atoms with Crippen molar-refractivity contribution in [3.05, 3.63) is 97.9 Å². The Hall–Kier alpha value is -3.58. The number of nitro benzene ring substituents is 1. The van der Waals surface area contributed by atoms with Crippen molar-refractivity contribution < 1.29 is 4.92 Å². The van der Waals surface area contributed by atoms with Gasteiger partial charge in [0, 0.05) is 17.8 Å². The highest BCUT2D eigenvalue weighted by Gasteiger charge is 2.18. The molecule has 2 aromatic carbocycles. The van der Waals surface area contributed by atoms with Crippen molar-refractivity contribution in [3.63, 3.8) is 0 Å². The van der Waals surface area contributed by atoms with E-state index in [4.69, 9.17) is 11.6 Å². The SMILES string of the molecule is O=c1c2cccnc2c(-c2ccc(Cl)c([N+](=O)[O-])c2)nn1Cc1ccccc1. The maximum Gasteiger partial charge on any atom is 0.288 e. The quantitative estimate of drug-likeness (QED) is 0.385. The molecule has 4 aromatic rings. The smallest absolute Gasteiger partial charge is 0.267 e. The van der Waals surface area contributed by atoms with Crippen LogP contribution in [-0.4, -0.2) is 19.7 Å². The van der Waals surface area contributed by atoms with E-state index in [-0.39, 0.29) is 22.8 Å². The number of pyridine rings is 1. The molecule has 4 rings (SSSR count). The van der Waals surface area contributed by atoms with Crippen molar-refractivity contribution in [2.24, 2.45) is 0 Å². The number of rotatable bonds is 4. The van der Waals surface area contributed by atoms with Crippen molar-refractivity contribution in [1.29, 1.82) is 0 Å². The van der Waals surface area contributed by atoms with E-state index in [1.165, 1.54) is 16.8 Å². The van der Waals surface area contributed by atoms with Gasteiger partial charge in [-0.05, 0) is 23.8 Å². The highest BCUT2D eigenvalue weighted by molar-refractivity contribution is 6.32. The molecule has 0 bridgehead atoms. The van der Waals surface area contributed by atoms with Gasteiger partial charge in [-0.25, -0.2) is 4.68 Å². The second-order valence-corrected chi connectivity index (χ2v) is 6.53. The molecule has 2 aromatic heterocycles. The largest absolute Gasteiger partial charge is 0.288 e. The van der Waals surface area contributed by atoms with Crippen molar-refractivity contribution >= 4 is 28.2 Å². The zero-order valence-corrected chi connectivity index (χ0v) is 15.2. The third-order valence-electron chi connectivity index (χ3n) is 4.31. The summed E-state index contributed by atoms with van der Waals surface area (Å²) >= 11 is 5.93. The van der Waals surface area contributed by atoms with Crippen LogP contribution in [0, 0.1) is 10.1 Å². The number of halogens is 1. The molecule has 0 aliphatic rings. The van der Waals surface area contributed by atoms with Crippen LogP contribution in [0.5, 0.6) is 0 Å². The second-order valence-electron chi connectivity index (χ2n) is 6.12. The molecule has 138 valence electrons. The molecule has 2 heterocycles. The molecule has 8 heteroatoms. The Morgan fingerprint density at radius 3 is 2.61 bits per heavy atom. The first-order chi connectivity index (χ1) is 13.5. The predicted molar refractivity (Wildman–Crippen MR) is 106 cm³/mol. The molecule has 7 nitrogen and oxygen atoms in total. The molecule has 28 heavy (non-hydrogen) atoms. The van der Waals surface area contributed by atoms with Gasteiger partial charge in [-0.1, -0.05) is 48.0 Å². The second kappa shape index (κ2) is 7.21. The fraction of sp³-hybridized carbons (Fsp3) is 0.0500. The van der Waals surface area contributed by atoms with Gasteiger partial charge in [0.05, 0.1) is 16.9 Å². The molecular weight excluding hydrogens is 380 g/mol. The zero-order valence-electron chi connectivity index (χ0n) is 14.4. The van der Waals surface area contributed by atoms with E-state index in [9.17, 15) is 14.9 Å². The van der Waals surface area contributed by atoms with Crippen LogP contribution in [0.15, 0.2) is 71.7 Å². The summed E-state index contributed by atoms with van der Waals surface area (Å²) in [5.41, 5.74) is 1.62. The van der Waals surface area contributed by atoms with Crippen LogP contribution in [0.2, 0.25) is 5.02 Å². The summed E-state index contributed by atoms with van der Waals surface area (Å²) < 4.78 is 1.34. The van der Waals surface area contributed by atoms with E-state index in [1.807, 2.05) is 30.3 Å². The van der Waals surface area contributed by atoms with Crippen LogP contribution in [0.4, 0.5) is 5.69 Å². The van der Waals surface area contributed by atoms with Gasteiger partial charge < -0.3 is 0 Å². The Balaban J connectivity index is 1.96. The normalized spacial score (nSPS) is 10.9. The van der Waals surface area contributed by atoms with Gasteiger partial charge >= 0.3 is 0 Å². The molecule has 0 fully saturated rings. The number of fused-ring (bicyclic) bond motifs is 1. The summed E-state index contributed by atoms with van der Waals surface area (Å²) in [5, 5.41) is 16.2. The van der Waals surface area contributed by atoms with Crippen LogP contribution in [0.25, 0.3) is 22.2 Å². The lowest BCUT2D eigenvalue weighted by Crippen LogP contribution is -2.24. The van der Waals surface area contributed by atoms with Gasteiger partial charge in [-0.3, -0.25) is 19.9 Å². The minimum absolute atomic E-state index is 0.0311. The van der Waals surface area contributed by atoms with Gasteiger partial charge in [0.2, 0.25) is 0 Å². The van der Waals surface area contributed by atoms with E-state index in [0.717, 1.165) is 5.56 Å². The van der Waals surface area contributed by atoms with Gasteiger partial charge in [-0.15, -0.1) is 0 Å². The Kier molecular flexibility index (Phi) is 4.58. The van der Waals surface area contributed by atoms with Crippen LogP contribution >= 0.6 is 11.6 Å². The standard InChI is InChI=1S/C20H13ClN4O3/c21-16-9-8-14(11-17(16)25(27)28)18-19-15(7-4-10-22-19)20(26)24(23-18)12-13-5-2-1-3-6-13/h1-11H,12H2. The lowest BCUT2D eigenvalue weighted by Gasteiger charge is -2.11. The van der Waals surface area contributed by atoms with E-state index in [1.54, 1.807) is 24.4 Å². The molecule has 0 aliphatic heterocycles. The third kappa shape index (κ3) is 3.23. The summed E-state index contributed by atoms with van der Waals surface area (Å²) in [6.07, 6.45) is 1.55. The molecule has 0 radical (unpaired) electrons. The fourth-order valence-corrected chi connectivity index (χ4v) is 3.16.